The lowest BCUT2D eigenvalue weighted by Gasteiger charge is -2.08. The van der Waals surface area contributed by atoms with Gasteiger partial charge in [0.25, 0.3) is 5.91 Å². The number of benzene rings is 1. The molecule has 0 radical (unpaired) electrons. The van der Waals surface area contributed by atoms with Gasteiger partial charge in [0.1, 0.15) is 5.82 Å². The van der Waals surface area contributed by atoms with E-state index in [9.17, 15) is 4.79 Å². The zero-order valence-corrected chi connectivity index (χ0v) is 11.9. The molecule has 0 aliphatic rings. The highest BCUT2D eigenvalue weighted by Gasteiger charge is 2.10. The van der Waals surface area contributed by atoms with Gasteiger partial charge in [-0.05, 0) is 24.6 Å². The zero-order valence-electron chi connectivity index (χ0n) is 11.2. The van der Waals surface area contributed by atoms with Gasteiger partial charge in [0.2, 0.25) is 0 Å². The third-order valence-corrected chi connectivity index (χ3v) is 2.97. The lowest BCUT2D eigenvalue weighted by molar-refractivity contribution is 0.102. The number of rotatable bonds is 5. The van der Waals surface area contributed by atoms with Crippen molar-refractivity contribution in [3.63, 3.8) is 0 Å². The number of nitrogens with zero attached hydrogens (tertiary/aromatic N) is 1. The van der Waals surface area contributed by atoms with Crippen LogP contribution >= 0.6 is 11.6 Å². The minimum atomic E-state index is -0.229. The van der Waals surface area contributed by atoms with Crippen LogP contribution < -0.4 is 10.6 Å². The molecule has 0 atom stereocenters. The summed E-state index contributed by atoms with van der Waals surface area (Å²) >= 11 is 6.11. The average Bonchev–Trinajstić information content (AvgIpc) is 2.47. The minimum absolute atomic E-state index is 0.229. The van der Waals surface area contributed by atoms with Crippen LogP contribution in [0.15, 0.2) is 42.6 Å². The van der Waals surface area contributed by atoms with Crippen LogP contribution in [0.3, 0.4) is 0 Å². The number of anilines is 2. The van der Waals surface area contributed by atoms with Crippen molar-refractivity contribution in [2.75, 3.05) is 17.2 Å². The quantitative estimate of drug-likeness (QED) is 0.880. The average molecular weight is 290 g/mol. The van der Waals surface area contributed by atoms with Gasteiger partial charge in [-0.1, -0.05) is 36.7 Å². The number of carbonyl (C=O) groups is 1. The maximum atomic E-state index is 12.1. The number of nitrogens with one attached hydrogen (secondary N) is 2. The number of hydrogen-bond donors (Lipinski definition) is 2. The first kappa shape index (κ1) is 14.3. The molecule has 0 saturated carbocycles. The third kappa shape index (κ3) is 3.71. The van der Waals surface area contributed by atoms with Crippen LogP contribution in [-0.2, 0) is 0 Å². The van der Waals surface area contributed by atoms with E-state index in [4.69, 9.17) is 11.6 Å². The van der Waals surface area contributed by atoms with E-state index < -0.39 is 0 Å². The zero-order chi connectivity index (χ0) is 14.4. The van der Waals surface area contributed by atoms with Gasteiger partial charge in [0.05, 0.1) is 10.6 Å². The summed E-state index contributed by atoms with van der Waals surface area (Å²) < 4.78 is 0. The molecule has 2 N–H and O–H groups in total. The Balaban J connectivity index is 2.09. The second-order valence-electron chi connectivity index (χ2n) is 4.30. The molecule has 0 fully saturated rings. The van der Waals surface area contributed by atoms with Crippen LogP contribution in [0.25, 0.3) is 0 Å². The largest absolute Gasteiger partial charge is 0.369 e. The fourth-order valence-electron chi connectivity index (χ4n) is 1.66. The lowest BCUT2D eigenvalue weighted by atomic mass is 10.2. The predicted octanol–water partition coefficient (Wildman–Crippen LogP) is 3.81. The van der Waals surface area contributed by atoms with Crippen LogP contribution in [0.2, 0.25) is 5.02 Å². The number of carbonyl (C=O) groups excluding carboxylic acids is 1. The molecule has 104 valence electrons. The van der Waals surface area contributed by atoms with Crippen LogP contribution in [-0.4, -0.2) is 17.4 Å². The van der Waals surface area contributed by atoms with E-state index in [2.05, 4.69) is 22.5 Å². The van der Waals surface area contributed by atoms with E-state index >= 15 is 0 Å². The van der Waals surface area contributed by atoms with Gasteiger partial charge >= 0.3 is 0 Å². The van der Waals surface area contributed by atoms with Crippen molar-refractivity contribution in [3.05, 3.63) is 53.2 Å². The van der Waals surface area contributed by atoms with Gasteiger partial charge in [-0.15, -0.1) is 0 Å². The monoisotopic (exact) mass is 289 g/mol. The summed E-state index contributed by atoms with van der Waals surface area (Å²) in [6.07, 6.45) is 2.50. The Bertz CT molecular complexity index is 587. The summed E-state index contributed by atoms with van der Waals surface area (Å²) in [5.41, 5.74) is 1.17. The number of hydrogen-bond acceptors (Lipinski definition) is 3. The standard InChI is InChI=1S/C15H16ClN3O/c1-2-8-17-14-13(16)9-11(10-18-14)15(20)19-12-6-4-3-5-7-12/h3-7,9-10H,2,8H2,1H3,(H,17,18)(H,19,20). The maximum absolute atomic E-state index is 12.1. The van der Waals surface area contributed by atoms with E-state index in [0.717, 1.165) is 18.7 Å². The van der Waals surface area contributed by atoms with Crippen molar-refractivity contribution < 1.29 is 4.79 Å². The van der Waals surface area contributed by atoms with E-state index in [1.54, 1.807) is 6.07 Å². The summed E-state index contributed by atoms with van der Waals surface area (Å²) in [5.74, 6) is 0.373. The number of amides is 1. The van der Waals surface area contributed by atoms with Crippen molar-refractivity contribution in [2.24, 2.45) is 0 Å². The molecular formula is C15H16ClN3O. The molecule has 1 amide bonds. The molecule has 4 nitrogen and oxygen atoms in total. The molecule has 0 aliphatic carbocycles. The number of halogens is 1. The Kier molecular flexibility index (Phi) is 4.96. The Hall–Kier alpha value is -2.07. The van der Waals surface area contributed by atoms with Gasteiger partial charge in [-0.25, -0.2) is 4.98 Å². The second-order valence-corrected chi connectivity index (χ2v) is 4.71. The van der Waals surface area contributed by atoms with Crippen LogP contribution in [0, 0.1) is 0 Å². The van der Waals surface area contributed by atoms with Gasteiger partial charge in [-0.3, -0.25) is 4.79 Å². The lowest BCUT2D eigenvalue weighted by Crippen LogP contribution is -2.13. The normalized spacial score (nSPS) is 10.1. The molecule has 2 aromatic rings. The first-order valence-corrected chi connectivity index (χ1v) is 6.84. The first-order valence-electron chi connectivity index (χ1n) is 6.46. The molecule has 1 aromatic heterocycles. The highest BCUT2D eigenvalue weighted by molar-refractivity contribution is 6.33. The number of aromatic nitrogens is 1. The van der Waals surface area contributed by atoms with Gasteiger partial charge in [-0.2, -0.15) is 0 Å². The summed E-state index contributed by atoms with van der Waals surface area (Å²) in [6, 6.07) is 10.9. The highest BCUT2D eigenvalue weighted by atomic mass is 35.5. The van der Waals surface area contributed by atoms with Gasteiger partial charge < -0.3 is 10.6 Å². The van der Waals surface area contributed by atoms with Gasteiger partial charge in [0, 0.05) is 18.4 Å². The van der Waals surface area contributed by atoms with Crippen molar-refractivity contribution >= 4 is 29.0 Å². The summed E-state index contributed by atoms with van der Waals surface area (Å²) in [5, 5.41) is 6.34. The molecule has 0 aliphatic heterocycles. The molecule has 0 unspecified atom stereocenters. The summed E-state index contributed by atoms with van der Waals surface area (Å²) in [7, 11) is 0. The van der Waals surface area contributed by atoms with Gasteiger partial charge in [0.15, 0.2) is 0 Å². The summed E-state index contributed by atoms with van der Waals surface area (Å²) in [6.45, 7) is 2.85. The van der Waals surface area contributed by atoms with Crippen LogP contribution in [0.5, 0.6) is 0 Å². The van der Waals surface area contributed by atoms with E-state index in [1.165, 1.54) is 6.20 Å². The fraction of sp³-hybridized carbons (Fsp3) is 0.200. The molecule has 0 spiro atoms. The molecule has 0 bridgehead atoms. The fourth-order valence-corrected chi connectivity index (χ4v) is 1.89. The Morgan fingerprint density at radius 2 is 2.05 bits per heavy atom. The minimum Gasteiger partial charge on any atom is -0.369 e. The molecule has 5 heteroatoms. The molecule has 20 heavy (non-hydrogen) atoms. The van der Waals surface area contributed by atoms with Crippen LogP contribution in [0.1, 0.15) is 23.7 Å². The smallest absolute Gasteiger partial charge is 0.257 e. The maximum Gasteiger partial charge on any atom is 0.257 e. The van der Waals surface area contributed by atoms with Crippen molar-refractivity contribution in [2.45, 2.75) is 13.3 Å². The summed E-state index contributed by atoms with van der Waals surface area (Å²) in [4.78, 5) is 16.2. The number of para-hydroxylation sites is 1. The van der Waals surface area contributed by atoms with Crippen LogP contribution in [0.4, 0.5) is 11.5 Å². The van der Waals surface area contributed by atoms with E-state index in [-0.39, 0.29) is 5.91 Å². The first-order chi connectivity index (χ1) is 9.70. The molecule has 2 rings (SSSR count). The Morgan fingerprint density at radius 1 is 1.30 bits per heavy atom. The number of pyridine rings is 1. The predicted molar refractivity (Wildman–Crippen MR) is 82.4 cm³/mol. The van der Waals surface area contributed by atoms with E-state index in [1.807, 2.05) is 30.3 Å². The highest BCUT2D eigenvalue weighted by Crippen LogP contribution is 2.20. The Labute approximate surface area is 123 Å². The molecule has 0 saturated heterocycles. The molecular weight excluding hydrogens is 274 g/mol. The van der Waals surface area contributed by atoms with Crippen molar-refractivity contribution in [1.82, 2.24) is 4.98 Å². The topological polar surface area (TPSA) is 54.0 Å². The van der Waals surface area contributed by atoms with E-state index in [0.29, 0.717) is 16.4 Å². The van der Waals surface area contributed by atoms with Crippen molar-refractivity contribution in [1.29, 1.82) is 0 Å². The third-order valence-electron chi connectivity index (χ3n) is 2.68. The molecule has 1 aromatic carbocycles. The van der Waals surface area contributed by atoms with Crippen molar-refractivity contribution in [3.8, 4) is 0 Å². The second kappa shape index (κ2) is 6.91. The SMILES string of the molecule is CCCNc1ncc(C(=O)Nc2ccccc2)cc1Cl. The molecule has 1 heterocycles. The Morgan fingerprint density at radius 3 is 2.70 bits per heavy atom.